The molecule has 0 spiro atoms. The average Bonchev–Trinajstić information content (AvgIpc) is 2.78. The highest BCUT2D eigenvalue weighted by atomic mass is 16.1. The number of amides is 1. The maximum atomic E-state index is 11.6. The molecule has 1 aliphatic heterocycles. The van der Waals surface area contributed by atoms with Crippen LogP contribution >= 0.6 is 0 Å². The molecule has 1 aromatic heterocycles. The van der Waals surface area contributed by atoms with Gasteiger partial charge in [0.15, 0.2) is 0 Å². The summed E-state index contributed by atoms with van der Waals surface area (Å²) >= 11 is 0. The van der Waals surface area contributed by atoms with Crippen molar-refractivity contribution in [1.82, 2.24) is 9.88 Å². The number of anilines is 1. The predicted octanol–water partition coefficient (Wildman–Crippen LogP) is 3.33. The van der Waals surface area contributed by atoms with Crippen LogP contribution in [0.3, 0.4) is 0 Å². The minimum absolute atomic E-state index is 0.0183. The summed E-state index contributed by atoms with van der Waals surface area (Å²) in [5.74, 6) is 6.57. The van der Waals surface area contributed by atoms with Crippen LogP contribution in [-0.4, -0.2) is 47.4 Å². The first-order valence-corrected chi connectivity index (χ1v) is 10.0. The maximum absolute atomic E-state index is 11.6. The fraction of sp³-hybridized carbons (Fsp3) is 0.364. The molecule has 152 valence electrons. The fourth-order valence-corrected chi connectivity index (χ4v) is 3.37. The molecule has 0 radical (unpaired) electrons. The Morgan fingerprint density at radius 2 is 1.97 bits per heavy atom. The van der Waals surface area contributed by atoms with Gasteiger partial charge in [-0.25, -0.2) is 4.98 Å². The number of nitrogens with two attached hydrogens (primary N) is 1. The molecule has 2 aromatic rings. The molecule has 0 saturated carbocycles. The van der Waals surface area contributed by atoms with Gasteiger partial charge in [-0.2, -0.15) is 5.10 Å². The Hall–Kier alpha value is -3.06. The van der Waals surface area contributed by atoms with E-state index in [0.29, 0.717) is 24.7 Å². The van der Waals surface area contributed by atoms with Crippen molar-refractivity contribution < 1.29 is 4.79 Å². The number of aromatic nitrogens is 1. The number of nitrogens with one attached hydrogen (secondary N) is 1. The van der Waals surface area contributed by atoms with E-state index in [1.165, 1.54) is 0 Å². The second kappa shape index (κ2) is 10.5. The molecule has 3 rings (SSSR count). The van der Waals surface area contributed by atoms with Crippen molar-refractivity contribution in [3.63, 3.8) is 0 Å². The summed E-state index contributed by atoms with van der Waals surface area (Å²) in [5.41, 5.74) is 2.68. The molecule has 0 unspecified atom stereocenters. The first-order valence-electron chi connectivity index (χ1n) is 10.0. The van der Waals surface area contributed by atoms with Gasteiger partial charge in [0.05, 0.1) is 17.6 Å². The number of benzene rings is 1. The number of para-hydroxylation sites is 1. The molecule has 3 N–H and O–H groups in total. The quantitative estimate of drug-likeness (QED) is 0.429. The van der Waals surface area contributed by atoms with Crippen molar-refractivity contribution >= 4 is 29.3 Å². The van der Waals surface area contributed by atoms with Gasteiger partial charge < -0.3 is 11.2 Å². The zero-order valence-corrected chi connectivity index (χ0v) is 16.8. The lowest BCUT2D eigenvalue weighted by atomic mass is 9.93. The molecular weight excluding hydrogens is 364 g/mol. The number of nitrogens with zero attached hydrogens (tertiary/aromatic N) is 4. The lowest BCUT2D eigenvalue weighted by Gasteiger charge is -2.31. The van der Waals surface area contributed by atoms with Crippen LogP contribution < -0.4 is 11.2 Å². The Kier molecular flexibility index (Phi) is 7.47. The van der Waals surface area contributed by atoms with E-state index in [4.69, 9.17) is 5.84 Å². The third-order valence-electron chi connectivity index (χ3n) is 5.04. The molecule has 1 fully saturated rings. The molecule has 1 saturated heterocycles. The highest BCUT2D eigenvalue weighted by Crippen LogP contribution is 2.27. The van der Waals surface area contributed by atoms with E-state index >= 15 is 0 Å². The lowest BCUT2D eigenvalue weighted by Crippen LogP contribution is -2.37. The van der Waals surface area contributed by atoms with Gasteiger partial charge in [-0.1, -0.05) is 31.2 Å². The van der Waals surface area contributed by atoms with E-state index < -0.39 is 0 Å². The van der Waals surface area contributed by atoms with Crippen LogP contribution in [0.1, 0.15) is 37.8 Å². The number of likely N-dealkylation sites (tertiary alicyclic amines) is 1. The summed E-state index contributed by atoms with van der Waals surface area (Å²) < 4.78 is 0. The monoisotopic (exact) mass is 392 g/mol. The van der Waals surface area contributed by atoms with Gasteiger partial charge in [0, 0.05) is 24.6 Å². The number of aliphatic imine (C=N–C) groups is 1. The standard InChI is InChI=1S/C22H28N6O/c1-2-22(29)26-21-10-6-9-20(25-21)17-11-13-28(14-12-17)16-19(27-23)15-24-18-7-4-3-5-8-18/h3-10,15,17H,2,11-14,16,23H2,1H3,(H,25,26,29). The summed E-state index contributed by atoms with van der Waals surface area (Å²) in [6, 6.07) is 15.6. The summed E-state index contributed by atoms with van der Waals surface area (Å²) in [5, 5.41) is 6.73. The van der Waals surface area contributed by atoms with Gasteiger partial charge in [-0.3, -0.25) is 14.7 Å². The molecule has 29 heavy (non-hydrogen) atoms. The second-order valence-corrected chi connectivity index (χ2v) is 7.11. The Morgan fingerprint density at radius 3 is 2.66 bits per heavy atom. The largest absolute Gasteiger partial charge is 0.323 e. The van der Waals surface area contributed by atoms with Crippen LogP contribution in [0.15, 0.2) is 58.6 Å². The Bertz CT molecular complexity index is 857. The van der Waals surface area contributed by atoms with Crippen LogP contribution in [0, 0.1) is 0 Å². The van der Waals surface area contributed by atoms with E-state index in [-0.39, 0.29) is 5.91 Å². The van der Waals surface area contributed by atoms with Crippen molar-refractivity contribution in [2.75, 3.05) is 25.0 Å². The number of hydrogen-bond donors (Lipinski definition) is 2. The van der Waals surface area contributed by atoms with Crippen molar-refractivity contribution in [3.05, 3.63) is 54.2 Å². The van der Waals surface area contributed by atoms with Crippen molar-refractivity contribution in [3.8, 4) is 0 Å². The third-order valence-corrected chi connectivity index (χ3v) is 5.04. The minimum Gasteiger partial charge on any atom is -0.323 e. The van der Waals surface area contributed by atoms with E-state index in [2.05, 4.69) is 25.3 Å². The molecule has 7 nitrogen and oxygen atoms in total. The summed E-state index contributed by atoms with van der Waals surface area (Å²) in [7, 11) is 0. The molecule has 0 bridgehead atoms. The highest BCUT2D eigenvalue weighted by molar-refractivity contribution is 6.31. The summed E-state index contributed by atoms with van der Waals surface area (Å²) in [6.45, 7) is 4.39. The van der Waals surface area contributed by atoms with Gasteiger partial charge in [-0.05, 0) is 50.2 Å². The molecule has 0 aliphatic carbocycles. The van der Waals surface area contributed by atoms with E-state index in [1.807, 2.05) is 55.5 Å². The van der Waals surface area contributed by atoms with Crippen molar-refractivity contribution in [2.24, 2.45) is 15.9 Å². The first-order chi connectivity index (χ1) is 14.2. The first kappa shape index (κ1) is 20.7. The molecule has 0 atom stereocenters. The summed E-state index contributed by atoms with van der Waals surface area (Å²) in [4.78, 5) is 23.0. The maximum Gasteiger partial charge on any atom is 0.225 e. The zero-order valence-electron chi connectivity index (χ0n) is 16.8. The predicted molar refractivity (Wildman–Crippen MR) is 118 cm³/mol. The smallest absolute Gasteiger partial charge is 0.225 e. The van der Waals surface area contributed by atoms with E-state index in [9.17, 15) is 4.79 Å². The van der Waals surface area contributed by atoms with Crippen LogP contribution in [0.2, 0.25) is 0 Å². The SMILES string of the molecule is CCC(=O)Nc1cccc(C2CCN(CC(C=Nc3ccccc3)=NN)CC2)n1. The molecule has 7 heteroatoms. The van der Waals surface area contributed by atoms with Gasteiger partial charge in [0.1, 0.15) is 5.82 Å². The van der Waals surface area contributed by atoms with Crippen LogP contribution in [0.25, 0.3) is 0 Å². The summed E-state index contributed by atoms with van der Waals surface area (Å²) in [6.07, 6.45) is 4.20. The van der Waals surface area contributed by atoms with Gasteiger partial charge in [0.2, 0.25) is 5.91 Å². The molecule has 2 heterocycles. The number of hydrazone groups is 1. The molecule has 1 amide bonds. The number of carbonyl (C=O) groups excluding carboxylic acids is 1. The number of carbonyl (C=O) groups is 1. The Labute approximate surface area is 171 Å². The van der Waals surface area contributed by atoms with Crippen molar-refractivity contribution in [1.29, 1.82) is 0 Å². The molecule has 1 aliphatic rings. The molecule has 1 aromatic carbocycles. The second-order valence-electron chi connectivity index (χ2n) is 7.11. The van der Waals surface area contributed by atoms with Crippen LogP contribution in [0.4, 0.5) is 11.5 Å². The lowest BCUT2D eigenvalue weighted by molar-refractivity contribution is -0.115. The van der Waals surface area contributed by atoms with Gasteiger partial charge in [0.25, 0.3) is 0 Å². The Balaban J connectivity index is 1.53. The third kappa shape index (κ3) is 6.22. The average molecular weight is 393 g/mol. The topological polar surface area (TPSA) is 96.0 Å². The normalized spacial score (nSPS) is 16.2. The number of rotatable bonds is 7. The van der Waals surface area contributed by atoms with Gasteiger partial charge in [-0.15, -0.1) is 0 Å². The van der Waals surface area contributed by atoms with Crippen molar-refractivity contribution in [2.45, 2.75) is 32.1 Å². The van der Waals surface area contributed by atoms with E-state index in [1.54, 1.807) is 6.21 Å². The Morgan fingerprint density at radius 1 is 1.21 bits per heavy atom. The number of hydrogen-bond acceptors (Lipinski definition) is 6. The highest BCUT2D eigenvalue weighted by Gasteiger charge is 2.22. The minimum atomic E-state index is -0.0183. The van der Waals surface area contributed by atoms with E-state index in [0.717, 1.165) is 43.0 Å². The van der Waals surface area contributed by atoms with Crippen LogP contribution in [-0.2, 0) is 4.79 Å². The number of piperidine rings is 1. The van der Waals surface area contributed by atoms with Gasteiger partial charge >= 0.3 is 0 Å². The van der Waals surface area contributed by atoms with Crippen LogP contribution in [0.5, 0.6) is 0 Å². The molecular formula is C22H28N6O. The fourth-order valence-electron chi connectivity index (χ4n) is 3.37. The number of pyridine rings is 1. The zero-order chi connectivity index (χ0) is 20.5.